The Bertz CT molecular complexity index is 617. The second kappa shape index (κ2) is 5.43. The Morgan fingerprint density at radius 3 is 2.79 bits per heavy atom. The lowest BCUT2D eigenvalue weighted by Crippen LogP contribution is -2.23. The number of benzene rings is 1. The van der Waals surface area contributed by atoms with Crippen LogP contribution >= 0.6 is 0 Å². The first-order chi connectivity index (χ1) is 9.06. The van der Waals surface area contributed by atoms with Crippen molar-refractivity contribution in [2.24, 2.45) is 0 Å². The molecule has 0 radical (unpaired) electrons. The minimum Gasteiger partial charge on any atom is -0.506 e. The Labute approximate surface area is 107 Å². The van der Waals surface area contributed by atoms with Gasteiger partial charge in [-0.2, -0.15) is 0 Å². The number of aromatic nitrogens is 1. The molecule has 1 aromatic heterocycles. The van der Waals surface area contributed by atoms with Crippen molar-refractivity contribution < 1.29 is 18.7 Å². The minimum absolute atomic E-state index is 0.0430. The summed E-state index contributed by atoms with van der Waals surface area (Å²) in [7, 11) is 0. The van der Waals surface area contributed by atoms with Gasteiger partial charge < -0.3 is 10.4 Å². The molecule has 2 aromatic rings. The first-order valence-electron chi connectivity index (χ1n) is 5.42. The first kappa shape index (κ1) is 12.9. The van der Waals surface area contributed by atoms with E-state index >= 15 is 0 Å². The van der Waals surface area contributed by atoms with Gasteiger partial charge in [-0.05, 0) is 24.3 Å². The van der Waals surface area contributed by atoms with Crippen molar-refractivity contribution >= 4 is 5.91 Å². The summed E-state index contributed by atoms with van der Waals surface area (Å²) >= 11 is 0. The smallest absolute Gasteiger partial charge is 0.253 e. The lowest BCUT2D eigenvalue weighted by atomic mass is 10.2. The predicted octanol–water partition coefficient (Wildman–Crippen LogP) is 2.00. The van der Waals surface area contributed by atoms with Crippen molar-refractivity contribution in [2.75, 3.05) is 0 Å². The molecule has 98 valence electrons. The van der Waals surface area contributed by atoms with Crippen LogP contribution in [0.15, 0.2) is 36.7 Å². The van der Waals surface area contributed by atoms with E-state index in [1.165, 1.54) is 18.5 Å². The van der Waals surface area contributed by atoms with Crippen molar-refractivity contribution in [1.29, 1.82) is 0 Å². The highest BCUT2D eigenvalue weighted by Crippen LogP contribution is 2.11. The molecule has 0 saturated heterocycles. The number of nitrogens with one attached hydrogen (secondary N) is 1. The average Bonchev–Trinajstić information content (AvgIpc) is 2.39. The van der Waals surface area contributed by atoms with Gasteiger partial charge >= 0.3 is 0 Å². The Morgan fingerprint density at radius 2 is 2.05 bits per heavy atom. The number of rotatable bonds is 3. The fourth-order valence-electron chi connectivity index (χ4n) is 1.51. The largest absolute Gasteiger partial charge is 0.506 e. The second-order valence-electron chi connectivity index (χ2n) is 3.85. The number of nitrogens with zero attached hydrogens (tertiary/aromatic N) is 1. The molecule has 0 atom stereocenters. The van der Waals surface area contributed by atoms with Gasteiger partial charge in [-0.1, -0.05) is 0 Å². The molecule has 2 rings (SSSR count). The number of aromatic hydroxyl groups is 1. The van der Waals surface area contributed by atoms with Gasteiger partial charge in [0.15, 0.2) is 0 Å². The molecule has 0 aliphatic rings. The number of hydrogen-bond acceptors (Lipinski definition) is 3. The zero-order chi connectivity index (χ0) is 13.8. The van der Waals surface area contributed by atoms with Crippen LogP contribution in [0.4, 0.5) is 8.78 Å². The summed E-state index contributed by atoms with van der Waals surface area (Å²) in [4.78, 5) is 15.3. The van der Waals surface area contributed by atoms with Crippen LogP contribution in [0.3, 0.4) is 0 Å². The van der Waals surface area contributed by atoms with E-state index < -0.39 is 17.5 Å². The lowest BCUT2D eigenvalue weighted by molar-refractivity contribution is 0.0949. The number of halogens is 2. The van der Waals surface area contributed by atoms with Crippen LogP contribution in [0.2, 0.25) is 0 Å². The van der Waals surface area contributed by atoms with Gasteiger partial charge in [-0.3, -0.25) is 9.78 Å². The van der Waals surface area contributed by atoms with Crippen molar-refractivity contribution in [1.82, 2.24) is 10.3 Å². The van der Waals surface area contributed by atoms with E-state index in [1.54, 1.807) is 0 Å². The van der Waals surface area contributed by atoms with Gasteiger partial charge in [0.25, 0.3) is 5.91 Å². The van der Waals surface area contributed by atoms with Crippen molar-refractivity contribution in [3.05, 3.63) is 59.4 Å². The third kappa shape index (κ3) is 3.25. The van der Waals surface area contributed by atoms with Gasteiger partial charge in [0.2, 0.25) is 0 Å². The van der Waals surface area contributed by atoms with E-state index in [0.717, 1.165) is 18.2 Å². The summed E-state index contributed by atoms with van der Waals surface area (Å²) < 4.78 is 26.2. The van der Waals surface area contributed by atoms with Crippen LogP contribution in [-0.2, 0) is 6.54 Å². The topological polar surface area (TPSA) is 62.2 Å². The van der Waals surface area contributed by atoms with Crippen LogP contribution in [0.1, 0.15) is 15.9 Å². The first-order valence-corrected chi connectivity index (χ1v) is 5.42. The molecule has 0 bridgehead atoms. The van der Waals surface area contributed by atoms with E-state index in [4.69, 9.17) is 0 Å². The number of pyridine rings is 1. The number of amides is 1. The molecule has 0 spiro atoms. The fourth-order valence-corrected chi connectivity index (χ4v) is 1.51. The summed E-state index contributed by atoms with van der Waals surface area (Å²) in [6, 6.07) is 4.23. The summed E-state index contributed by atoms with van der Waals surface area (Å²) in [6.45, 7) is -0.155. The molecule has 0 aliphatic carbocycles. The molecule has 4 nitrogen and oxygen atoms in total. The summed E-state index contributed by atoms with van der Waals surface area (Å²) in [5.41, 5.74) is 0.179. The normalized spacial score (nSPS) is 10.2. The molecule has 0 saturated carbocycles. The minimum atomic E-state index is -0.601. The van der Waals surface area contributed by atoms with Crippen LogP contribution in [0.25, 0.3) is 0 Å². The number of carbonyl (C=O) groups is 1. The molecule has 0 unspecified atom stereocenters. The molecule has 1 heterocycles. The monoisotopic (exact) mass is 264 g/mol. The van der Waals surface area contributed by atoms with Crippen molar-refractivity contribution in [3.8, 4) is 5.75 Å². The highest BCUT2D eigenvalue weighted by molar-refractivity contribution is 5.94. The van der Waals surface area contributed by atoms with Crippen molar-refractivity contribution in [3.63, 3.8) is 0 Å². The summed E-state index contributed by atoms with van der Waals surface area (Å²) in [6.07, 6.45) is 2.44. The number of hydrogen-bond donors (Lipinski definition) is 2. The zero-order valence-corrected chi connectivity index (χ0v) is 9.73. The van der Waals surface area contributed by atoms with Crippen LogP contribution in [-0.4, -0.2) is 16.0 Å². The van der Waals surface area contributed by atoms with Gasteiger partial charge in [0.05, 0.1) is 11.8 Å². The summed E-state index contributed by atoms with van der Waals surface area (Å²) in [5.74, 6) is -1.86. The molecule has 1 aromatic carbocycles. The molecule has 1 amide bonds. The predicted molar refractivity (Wildman–Crippen MR) is 63.4 cm³/mol. The molecule has 19 heavy (non-hydrogen) atoms. The van der Waals surface area contributed by atoms with Gasteiger partial charge in [0.1, 0.15) is 17.4 Å². The van der Waals surface area contributed by atoms with Crippen LogP contribution in [0.5, 0.6) is 5.75 Å². The Kier molecular flexibility index (Phi) is 3.70. The molecule has 6 heteroatoms. The Hall–Kier alpha value is -2.50. The zero-order valence-electron chi connectivity index (χ0n) is 9.73. The fraction of sp³-hybridized carbons (Fsp3) is 0.0769. The molecular formula is C13H10F2N2O2. The maximum absolute atomic E-state index is 13.3. The Morgan fingerprint density at radius 1 is 1.26 bits per heavy atom. The number of carbonyl (C=O) groups excluding carboxylic acids is 1. The van der Waals surface area contributed by atoms with Crippen LogP contribution in [0, 0.1) is 11.6 Å². The summed E-state index contributed by atoms with van der Waals surface area (Å²) in [5, 5.41) is 11.6. The molecule has 0 aliphatic heterocycles. The second-order valence-corrected chi connectivity index (χ2v) is 3.85. The highest BCUT2D eigenvalue weighted by atomic mass is 19.1. The third-order valence-corrected chi connectivity index (χ3v) is 2.43. The molecular weight excluding hydrogens is 254 g/mol. The van der Waals surface area contributed by atoms with Gasteiger partial charge in [-0.25, -0.2) is 8.78 Å². The molecule has 2 N–H and O–H groups in total. The van der Waals surface area contributed by atoms with E-state index in [9.17, 15) is 18.7 Å². The quantitative estimate of drug-likeness (QED) is 0.891. The SMILES string of the molecule is O=C(NCc1cc(F)ccc1F)c1cncc(O)c1. The maximum atomic E-state index is 13.3. The van der Waals surface area contributed by atoms with E-state index in [1.807, 2.05) is 0 Å². The molecule has 0 fully saturated rings. The van der Waals surface area contributed by atoms with Crippen molar-refractivity contribution in [2.45, 2.75) is 6.54 Å². The lowest BCUT2D eigenvalue weighted by Gasteiger charge is -2.06. The standard InChI is InChI=1S/C13H10F2N2O2/c14-10-1-2-12(15)8(3-10)6-17-13(19)9-4-11(18)7-16-5-9/h1-5,7,18H,6H2,(H,17,19). The van der Waals surface area contributed by atoms with E-state index in [0.29, 0.717) is 0 Å². The third-order valence-electron chi connectivity index (χ3n) is 2.43. The van der Waals surface area contributed by atoms with Gasteiger partial charge in [0, 0.05) is 18.3 Å². The van der Waals surface area contributed by atoms with Crippen LogP contribution < -0.4 is 5.32 Å². The maximum Gasteiger partial charge on any atom is 0.253 e. The average molecular weight is 264 g/mol. The van der Waals surface area contributed by atoms with E-state index in [-0.39, 0.29) is 23.4 Å². The highest BCUT2D eigenvalue weighted by Gasteiger charge is 2.09. The van der Waals surface area contributed by atoms with E-state index in [2.05, 4.69) is 10.3 Å². The van der Waals surface area contributed by atoms with Gasteiger partial charge in [-0.15, -0.1) is 0 Å². The Balaban J connectivity index is 2.06.